The van der Waals surface area contributed by atoms with Gasteiger partial charge in [0.05, 0.1) is 6.54 Å². The van der Waals surface area contributed by atoms with Crippen LogP contribution in [0.25, 0.3) is 0 Å². The highest BCUT2D eigenvalue weighted by Crippen LogP contribution is 2.23. The minimum atomic E-state index is -0.0439. The van der Waals surface area contributed by atoms with Gasteiger partial charge in [-0.25, -0.2) is 9.78 Å². The first-order valence-electron chi connectivity index (χ1n) is 10.0. The molecule has 2 aromatic heterocycles. The molecule has 3 aromatic rings. The van der Waals surface area contributed by atoms with E-state index in [1.54, 1.807) is 11.3 Å². The Bertz CT molecular complexity index is 940. The zero-order valence-electron chi connectivity index (χ0n) is 16.7. The van der Waals surface area contributed by atoms with Gasteiger partial charge in [0.2, 0.25) is 0 Å². The zero-order valence-corrected chi connectivity index (χ0v) is 17.5. The largest absolute Gasteiger partial charge is 0.352 e. The van der Waals surface area contributed by atoms with Gasteiger partial charge in [-0.15, -0.1) is 11.3 Å². The summed E-state index contributed by atoms with van der Waals surface area (Å²) in [5.74, 6) is 0.988. The average Bonchev–Trinajstić information content (AvgIpc) is 3.29. The van der Waals surface area contributed by atoms with E-state index in [1.165, 1.54) is 16.0 Å². The molecule has 29 heavy (non-hydrogen) atoms. The summed E-state index contributed by atoms with van der Waals surface area (Å²) in [5.41, 5.74) is 3.82. The van der Waals surface area contributed by atoms with Crippen molar-refractivity contribution in [3.8, 4) is 0 Å². The van der Waals surface area contributed by atoms with Crippen LogP contribution in [0.1, 0.15) is 28.5 Å². The molecule has 5 nitrogen and oxygen atoms in total. The summed E-state index contributed by atoms with van der Waals surface area (Å²) in [6.45, 7) is 5.68. The van der Waals surface area contributed by atoms with Crippen molar-refractivity contribution in [3.63, 3.8) is 0 Å². The lowest BCUT2D eigenvalue weighted by Gasteiger charge is -2.29. The second kappa shape index (κ2) is 9.09. The number of urea groups is 1. The van der Waals surface area contributed by atoms with E-state index in [0.717, 1.165) is 30.9 Å². The van der Waals surface area contributed by atoms with Crippen LogP contribution in [0.2, 0.25) is 0 Å². The van der Waals surface area contributed by atoms with E-state index >= 15 is 0 Å². The SMILES string of the molecule is CCN(Cc1cccs1)C(=O)NCc1ccc(N2CCc3ccccc3C2)nc1. The first-order valence-corrected chi connectivity index (χ1v) is 10.9. The van der Waals surface area contributed by atoms with E-state index in [1.807, 2.05) is 29.5 Å². The van der Waals surface area contributed by atoms with Gasteiger partial charge in [-0.1, -0.05) is 36.4 Å². The summed E-state index contributed by atoms with van der Waals surface area (Å²) in [4.78, 5) is 22.5. The van der Waals surface area contributed by atoms with Crippen LogP contribution in [-0.2, 0) is 26.1 Å². The number of hydrogen-bond donors (Lipinski definition) is 1. The van der Waals surface area contributed by atoms with Gasteiger partial charge in [0.15, 0.2) is 0 Å². The van der Waals surface area contributed by atoms with Gasteiger partial charge in [-0.05, 0) is 47.5 Å². The van der Waals surface area contributed by atoms with Crippen molar-refractivity contribution in [2.75, 3.05) is 18.0 Å². The van der Waals surface area contributed by atoms with E-state index < -0.39 is 0 Å². The van der Waals surface area contributed by atoms with Crippen LogP contribution in [0.3, 0.4) is 0 Å². The van der Waals surface area contributed by atoms with Crippen molar-refractivity contribution < 1.29 is 4.79 Å². The number of rotatable bonds is 6. The van der Waals surface area contributed by atoms with E-state index in [-0.39, 0.29) is 6.03 Å². The Morgan fingerprint density at radius 2 is 2.03 bits per heavy atom. The third kappa shape index (κ3) is 4.77. The van der Waals surface area contributed by atoms with Crippen LogP contribution in [0.5, 0.6) is 0 Å². The molecule has 0 unspecified atom stereocenters. The van der Waals surface area contributed by atoms with Gasteiger partial charge in [0.25, 0.3) is 0 Å². The first kappa shape index (κ1) is 19.5. The van der Waals surface area contributed by atoms with Crippen molar-refractivity contribution in [1.29, 1.82) is 0 Å². The van der Waals surface area contributed by atoms with Crippen LogP contribution < -0.4 is 10.2 Å². The third-order valence-electron chi connectivity index (χ3n) is 5.30. The molecule has 0 bridgehead atoms. The van der Waals surface area contributed by atoms with Crippen molar-refractivity contribution >= 4 is 23.2 Å². The molecule has 0 atom stereocenters. The summed E-state index contributed by atoms with van der Waals surface area (Å²) in [6, 6.07) is 16.7. The Kier molecular flexibility index (Phi) is 6.10. The summed E-state index contributed by atoms with van der Waals surface area (Å²) in [5, 5.41) is 5.05. The van der Waals surface area contributed by atoms with Crippen molar-refractivity contribution in [2.45, 2.75) is 33.0 Å². The topological polar surface area (TPSA) is 48.5 Å². The number of carbonyl (C=O) groups excluding carboxylic acids is 1. The number of hydrogen-bond acceptors (Lipinski definition) is 4. The van der Waals surface area contributed by atoms with Gasteiger partial charge >= 0.3 is 6.03 Å². The van der Waals surface area contributed by atoms with Crippen molar-refractivity contribution in [1.82, 2.24) is 15.2 Å². The number of anilines is 1. The molecule has 0 saturated carbocycles. The van der Waals surface area contributed by atoms with Gasteiger partial charge < -0.3 is 15.1 Å². The summed E-state index contributed by atoms with van der Waals surface area (Å²) in [6.07, 6.45) is 2.92. The number of carbonyl (C=O) groups is 1. The fraction of sp³-hybridized carbons (Fsp3) is 0.304. The fourth-order valence-electron chi connectivity index (χ4n) is 3.61. The van der Waals surface area contributed by atoms with Crippen LogP contribution in [0, 0.1) is 0 Å². The molecule has 4 rings (SSSR count). The summed E-state index contributed by atoms with van der Waals surface area (Å²) in [7, 11) is 0. The molecule has 1 aliphatic heterocycles. The third-order valence-corrected chi connectivity index (χ3v) is 6.16. The van der Waals surface area contributed by atoms with Crippen molar-refractivity contribution in [3.05, 3.63) is 81.7 Å². The lowest BCUT2D eigenvalue weighted by atomic mass is 10.00. The molecule has 2 amide bonds. The number of pyridine rings is 1. The second-order valence-corrected chi connectivity index (χ2v) is 8.25. The summed E-state index contributed by atoms with van der Waals surface area (Å²) >= 11 is 1.67. The van der Waals surface area contributed by atoms with E-state index in [4.69, 9.17) is 0 Å². The number of benzene rings is 1. The number of fused-ring (bicyclic) bond motifs is 1. The monoisotopic (exact) mass is 406 g/mol. The molecule has 1 aliphatic rings. The number of amides is 2. The highest BCUT2D eigenvalue weighted by Gasteiger charge is 2.17. The van der Waals surface area contributed by atoms with E-state index in [2.05, 4.69) is 57.7 Å². The fourth-order valence-corrected chi connectivity index (χ4v) is 4.33. The second-order valence-electron chi connectivity index (χ2n) is 7.22. The van der Waals surface area contributed by atoms with Crippen LogP contribution in [0.15, 0.2) is 60.1 Å². The average molecular weight is 407 g/mol. The number of nitrogens with zero attached hydrogens (tertiary/aromatic N) is 3. The molecule has 0 fully saturated rings. The molecule has 1 N–H and O–H groups in total. The Balaban J connectivity index is 1.32. The molecular formula is C23H26N4OS. The van der Waals surface area contributed by atoms with Gasteiger partial charge in [0.1, 0.15) is 5.82 Å². The Morgan fingerprint density at radius 3 is 2.76 bits per heavy atom. The number of aromatic nitrogens is 1. The van der Waals surface area contributed by atoms with Crippen molar-refractivity contribution in [2.24, 2.45) is 0 Å². The highest BCUT2D eigenvalue weighted by molar-refractivity contribution is 7.09. The lowest BCUT2D eigenvalue weighted by Crippen LogP contribution is -2.38. The minimum Gasteiger partial charge on any atom is -0.352 e. The van der Waals surface area contributed by atoms with Gasteiger partial charge in [-0.3, -0.25) is 0 Å². The molecule has 0 saturated heterocycles. The van der Waals surface area contributed by atoms with Gasteiger partial charge in [0, 0.05) is 37.3 Å². The molecule has 6 heteroatoms. The van der Waals surface area contributed by atoms with Gasteiger partial charge in [-0.2, -0.15) is 0 Å². The van der Waals surface area contributed by atoms with Crippen LogP contribution >= 0.6 is 11.3 Å². The minimum absolute atomic E-state index is 0.0439. The maximum atomic E-state index is 12.5. The van der Waals surface area contributed by atoms with Crippen LogP contribution in [-0.4, -0.2) is 29.0 Å². The molecule has 3 heterocycles. The predicted molar refractivity (Wildman–Crippen MR) is 118 cm³/mol. The highest BCUT2D eigenvalue weighted by atomic mass is 32.1. The molecule has 0 radical (unpaired) electrons. The summed E-state index contributed by atoms with van der Waals surface area (Å²) < 4.78 is 0. The lowest BCUT2D eigenvalue weighted by molar-refractivity contribution is 0.198. The first-order chi connectivity index (χ1) is 14.2. The Labute approximate surface area is 176 Å². The Morgan fingerprint density at radius 1 is 1.17 bits per heavy atom. The predicted octanol–water partition coefficient (Wildman–Crippen LogP) is 4.44. The van der Waals surface area contributed by atoms with Crippen LogP contribution in [0.4, 0.5) is 10.6 Å². The Hall–Kier alpha value is -2.86. The molecule has 0 aliphatic carbocycles. The zero-order chi connectivity index (χ0) is 20.1. The maximum absolute atomic E-state index is 12.5. The number of nitrogens with one attached hydrogen (secondary N) is 1. The van der Waals surface area contributed by atoms with E-state index in [0.29, 0.717) is 19.6 Å². The smallest absolute Gasteiger partial charge is 0.317 e. The molecule has 0 spiro atoms. The molecule has 1 aromatic carbocycles. The standard InChI is InChI=1S/C23H26N4OS/c1-2-26(17-21-8-5-13-29-21)23(28)25-15-18-9-10-22(24-14-18)27-12-11-19-6-3-4-7-20(19)16-27/h3-10,13-14H,2,11-12,15-17H2,1H3,(H,25,28). The molecule has 150 valence electrons. The molecular weight excluding hydrogens is 380 g/mol. The quantitative estimate of drug-likeness (QED) is 0.658. The van der Waals surface area contributed by atoms with E-state index in [9.17, 15) is 4.79 Å². The normalized spacial score (nSPS) is 13.1. The maximum Gasteiger partial charge on any atom is 0.317 e. The number of thiophene rings is 1.